The summed E-state index contributed by atoms with van der Waals surface area (Å²) < 4.78 is 0. The number of aliphatic hydroxyl groups excluding tert-OH is 1. The first-order valence-corrected chi connectivity index (χ1v) is 5.47. The molecular formula is C12H14N2O5. The minimum absolute atomic E-state index is 0.154. The number of rotatable bonds is 6. The monoisotopic (exact) mass is 266 g/mol. The SMILES string of the molecule is NC(CC(=O)c1ccccc1NC(=O)CO)C(=O)O. The lowest BCUT2D eigenvalue weighted by Crippen LogP contribution is -2.32. The van der Waals surface area contributed by atoms with E-state index in [-0.39, 0.29) is 17.7 Å². The van der Waals surface area contributed by atoms with Gasteiger partial charge in [-0.05, 0) is 12.1 Å². The Bertz CT molecular complexity index is 501. The Kier molecular flexibility index (Phi) is 5.16. The van der Waals surface area contributed by atoms with E-state index in [9.17, 15) is 14.4 Å². The van der Waals surface area contributed by atoms with E-state index in [1.54, 1.807) is 12.1 Å². The average Bonchev–Trinajstić information content (AvgIpc) is 2.38. The average molecular weight is 266 g/mol. The van der Waals surface area contributed by atoms with Gasteiger partial charge in [-0.2, -0.15) is 0 Å². The van der Waals surface area contributed by atoms with Gasteiger partial charge in [-0.15, -0.1) is 0 Å². The van der Waals surface area contributed by atoms with Crippen molar-refractivity contribution in [2.75, 3.05) is 11.9 Å². The number of ketones is 1. The van der Waals surface area contributed by atoms with Gasteiger partial charge in [0, 0.05) is 12.0 Å². The Morgan fingerprint density at radius 3 is 2.47 bits per heavy atom. The molecule has 0 radical (unpaired) electrons. The highest BCUT2D eigenvalue weighted by Crippen LogP contribution is 2.17. The van der Waals surface area contributed by atoms with Crippen LogP contribution in [-0.4, -0.2) is 40.5 Å². The normalized spacial score (nSPS) is 11.7. The number of hydrogen-bond acceptors (Lipinski definition) is 5. The lowest BCUT2D eigenvalue weighted by molar-refractivity contribution is -0.138. The number of carbonyl (C=O) groups excluding carboxylic acids is 2. The Hall–Kier alpha value is -2.25. The van der Waals surface area contributed by atoms with E-state index in [2.05, 4.69) is 5.32 Å². The highest BCUT2D eigenvalue weighted by Gasteiger charge is 2.19. The van der Waals surface area contributed by atoms with Crippen molar-refractivity contribution in [2.45, 2.75) is 12.5 Å². The zero-order chi connectivity index (χ0) is 14.4. The van der Waals surface area contributed by atoms with E-state index < -0.39 is 30.3 Å². The van der Waals surface area contributed by atoms with Crippen LogP contribution in [0.5, 0.6) is 0 Å². The van der Waals surface area contributed by atoms with Crippen molar-refractivity contribution < 1.29 is 24.6 Å². The van der Waals surface area contributed by atoms with Crippen molar-refractivity contribution in [1.29, 1.82) is 0 Å². The van der Waals surface area contributed by atoms with Crippen LogP contribution in [0, 0.1) is 0 Å². The Balaban J connectivity index is 2.90. The second-order valence-corrected chi connectivity index (χ2v) is 3.82. The van der Waals surface area contributed by atoms with Crippen LogP contribution in [-0.2, 0) is 9.59 Å². The number of aliphatic carboxylic acids is 1. The molecule has 0 bridgehead atoms. The second-order valence-electron chi connectivity index (χ2n) is 3.82. The number of para-hydroxylation sites is 1. The van der Waals surface area contributed by atoms with E-state index in [1.165, 1.54) is 12.1 Å². The number of nitrogens with two attached hydrogens (primary N) is 1. The largest absolute Gasteiger partial charge is 0.480 e. The first-order chi connectivity index (χ1) is 8.95. The highest BCUT2D eigenvalue weighted by atomic mass is 16.4. The molecule has 1 aromatic carbocycles. The molecule has 7 nitrogen and oxygen atoms in total. The summed E-state index contributed by atoms with van der Waals surface area (Å²) in [7, 11) is 0. The summed E-state index contributed by atoms with van der Waals surface area (Å²) in [5.41, 5.74) is 5.65. The summed E-state index contributed by atoms with van der Waals surface area (Å²) in [6, 6.07) is 4.81. The molecule has 0 aliphatic heterocycles. The van der Waals surface area contributed by atoms with E-state index in [0.717, 1.165) is 0 Å². The molecule has 1 aromatic rings. The number of nitrogens with one attached hydrogen (secondary N) is 1. The molecular weight excluding hydrogens is 252 g/mol. The number of amides is 1. The first kappa shape index (κ1) is 14.8. The fraction of sp³-hybridized carbons (Fsp3) is 0.250. The number of carboxylic acid groups (broad SMARTS) is 1. The summed E-state index contributed by atoms with van der Waals surface area (Å²) in [6.45, 7) is -0.711. The van der Waals surface area contributed by atoms with Gasteiger partial charge in [0.1, 0.15) is 12.6 Å². The van der Waals surface area contributed by atoms with Crippen LogP contribution in [0.1, 0.15) is 16.8 Å². The van der Waals surface area contributed by atoms with Crippen molar-refractivity contribution >= 4 is 23.3 Å². The Labute approximate surface area is 109 Å². The number of carbonyl (C=O) groups is 3. The molecule has 0 aliphatic rings. The van der Waals surface area contributed by atoms with Gasteiger partial charge >= 0.3 is 5.97 Å². The Morgan fingerprint density at radius 2 is 1.89 bits per heavy atom. The first-order valence-electron chi connectivity index (χ1n) is 5.47. The smallest absolute Gasteiger partial charge is 0.320 e. The highest BCUT2D eigenvalue weighted by molar-refractivity contribution is 6.06. The number of carboxylic acids is 1. The molecule has 0 aromatic heterocycles. The van der Waals surface area contributed by atoms with E-state index >= 15 is 0 Å². The quantitative estimate of drug-likeness (QED) is 0.518. The summed E-state index contributed by atoms with van der Waals surface area (Å²) in [5, 5.41) is 19.6. The maximum absolute atomic E-state index is 11.9. The van der Waals surface area contributed by atoms with Crippen LogP contribution in [0.25, 0.3) is 0 Å². The van der Waals surface area contributed by atoms with E-state index in [4.69, 9.17) is 15.9 Å². The molecule has 19 heavy (non-hydrogen) atoms. The fourth-order valence-corrected chi connectivity index (χ4v) is 1.42. The minimum atomic E-state index is -1.30. The van der Waals surface area contributed by atoms with Gasteiger partial charge in [-0.3, -0.25) is 14.4 Å². The number of hydrogen-bond donors (Lipinski definition) is 4. The predicted octanol–water partition coefficient (Wildman–Crippen LogP) is -0.398. The van der Waals surface area contributed by atoms with Gasteiger partial charge in [0.05, 0.1) is 5.69 Å². The van der Waals surface area contributed by atoms with Crippen LogP contribution in [0.2, 0.25) is 0 Å². The summed E-state index contributed by atoms with van der Waals surface area (Å²) in [4.78, 5) is 33.6. The van der Waals surface area contributed by atoms with Crippen molar-refractivity contribution in [2.24, 2.45) is 5.73 Å². The molecule has 0 fully saturated rings. The van der Waals surface area contributed by atoms with Crippen molar-refractivity contribution in [1.82, 2.24) is 0 Å². The van der Waals surface area contributed by atoms with Gasteiger partial charge in [-0.1, -0.05) is 12.1 Å². The Morgan fingerprint density at radius 1 is 1.26 bits per heavy atom. The molecule has 5 N–H and O–H groups in total. The molecule has 1 unspecified atom stereocenters. The number of aliphatic hydroxyl groups is 1. The van der Waals surface area contributed by atoms with Crippen LogP contribution >= 0.6 is 0 Å². The molecule has 0 aliphatic carbocycles. The zero-order valence-corrected chi connectivity index (χ0v) is 10.00. The summed E-state index contributed by atoms with van der Waals surface area (Å²) in [5.74, 6) is -2.43. The zero-order valence-electron chi connectivity index (χ0n) is 10.00. The standard InChI is InChI=1S/C12H14N2O5/c13-8(12(18)19)5-10(16)7-3-1-2-4-9(7)14-11(17)6-15/h1-4,8,15H,5-6,13H2,(H,14,17)(H,18,19). The summed E-state index contributed by atoms with van der Waals surface area (Å²) in [6.07, 6.45) is -0.374. The fourth-order valence-electron chi connectivity index (χ4n) is 1.42. The summed E-state index contributed by atoms with van der Waals surface area (Å²) >= 11 is 0. The maximum atomic E-state index is 11.9. The minimum Gasteiger partial charge on any atom is -0.480 e. The third-order valence-corrected chi connectivity index (χ3v) is 2.37. The van der Waals surface area contributed by atoms with Gasteiger partial charge in [-0.25, -0.2) is 0 Å². The topological polar surface area (TPSA) is 130 Å². The number of Topliss-reactive ketones (excluding diaryl/α,β-unsaturated/α-hetero) is 1. The third kappa shape index (κ3) is 4.16. The second kappa shape index (κ2) is 6.62. The lowest BCUT2D eigenvalue weighted by atomic mass is 10.0. The molecule has 7 heteroatoms. The van der Waals surface area contributed by atoms with Gasteiger partial charge in [0.2, 0.25) is 5.91 Å². The van der Waals surface area contributed by atoms with Crippen molar-refractivity contribution in [3.05, 3.63) is 29.8 Å². The molecule has 1 atom stereocenters. The predicted molar refractivity (Wildman–Crippen MR) is 66.7 cm³/mol. The van der Waals surface area contributed by atoms with Gasteiger partial charge in [0.25, 0.3) is 0 Å². The van der Waals surface area contributed by atoms with Crippen molar-refractivity contribution in [3.8, 4) is 0 Å². The molecule has 0 spiro atoms. The molecule has 1 amide bonds. The van der Waals surface area contributed by atoms with Crippen LogP contribution in [0.15, 0.2) is 24.3 Å². The van der Waals surface area contributed by atoms with Gasteiger partial charge < -0.3 is 21.3 Å². The third-order valence-electron chi connectivity index (χ3n) is 2.37. The van der Waals surface area contributed by atoms with E-state index in [0.29, 0.717) is 0 Å². The van der Waals surface area contributed by atoms with Crippen molar-refractivity contribution in [3.63, 3.8) is 0 Å². The number of benzene rings is 1. The molecule has 0 saturated carbocycles. The van der Waals surface area contributed by atoms with Crippen LogP contribution in [0.4, 0.5) is 5.69 Å². The molecule has 102 valence electrons. The van der Waals surface area contributed by atoms with E-state index in [1.807, 2.05) is 0 Å². The van der Waals surface area contributed by atoms with Gasteiger partial charge in [0.15, 0.2) is 5.78 Å². The molecule has 0 heterocycles. The molecule has 1 rings (SSSR count). The lowest BCUT2D eigenvalue weighted by Gasteiger charge is -2.10. The molecule has 0 saturated heterocycles. The van der Waals surface area contributed by atoms with Crippen LogP contribution < -0.4 is 11.1 Å². The number of anilines is 1. The van der Waals surface area contributed by atoms with Crippen LogP contribution in [0.3, 0.4) is 0 Å². The maximum Gasteiger partial charge on any atom is 0.320 e.